The van der Waals surface area contributed by atoms with Crippen molar-refractivity contribution in [2.75, 3.05) is 13.1 Å². The van der Waals surface area contributed by atoms with Gasteiger partial charge in [0.15, 0.2) is 0 Å². The molecule has 0 saturated heterocycles. The second kappa shape index (κ2) is 7.57. The molecule has 1 aromatic heterocycles. The largest absolute Gasteiger partial charge is 0.481 e. The third kappa shape index (κ3) is 4.53. The van der Waals surface area contributed by atoms with E-state index in [-0.39, 0.29) is 11.3 Å². The smallest absolute Gasteiger partial charge is 0.305 e. The van der Waals surface area contributed by atoms with E-state index >= 15 is 0 Å². The summed E-state index contributed by atoms with van der Waals surface area (Å²) in [6, 6.07) is 6.13. The van der Waals surface area contributed by atoms with Crippen molar-refractivity contribution in [3.8, 4) is 11.3 Å². The van der Waals surface area contributed by atoms with Crippen LogP contribution in [0.5, 0.6) is 0 Å². The van der Waals surface area contributed by atoms with Crippen LogP contribution in [0.25, 0.3) is 11.3 Å². The number of carboxylic acids is 1. The molecule has 0 unspecified atom stereocenters. The van der Waals surface area contributed by atoms with Gasteiger partial charge in [-0.3, -0.25) is 14.5 Å². The van der Waals surface area contributed by atoms with Crippen molar-refractivity contribution in [1.29, 1.82) is 0 Å². The van der Waals surface area contributed by atoms with Crippen LogP contribution in [0.2, 0.25) is 0 Å². The normalized spacial score (nSPS) is 11.1. The number of thiazole rings is 1. The molecule has 0 bridgehead atoms. The number of carboxylic acid groups (broad SMARTS) is 1. The number of aromatic amines is 1. The summed E-state index contributed by atoms with van der Waals surface area (Å²) in [5, 5.41) is 8.84. The summed E-state index contributed by atoms with van der Waals surface area (Å²) >= 11 is 1.20. The molecule has 0 aliphatic carbocycles. The highest BCUT2D eigenvalue weighted by Crippen LogP contribution is 2.26. The second-order valence-electron chi connectivity index (χ2n) is 5.62. The predicted octanol–water partition coefficient (Wildman–Crippen LogP) is 3.02. The van der Waals surface area contributed by atoms with E-state index < -0.39 is 5.97 Å². The van der Waals surface area contributed by atoms with E-state index in [0.29, 0.717) is 13.1 Å². The van der Waals surface area contributed by atoms with E-state index in [1.54, 1.807) is 0 Å². The van der Waals surface area contributed by atoms with Crippen LogP contribution in [0.3, 0.4) is 0 Å². The van der Waals surface area contributed by atoms with Gasteiger partial charge in [-0.2, -0.15) is 0 Å². The molecule has 0 amide bonds. The van der Waals surface area contributed by atoms with Crippen molar-refractivity contribution in [3.05, 3.63) is 43.9 Å². The average Bonchev–Trinajstić information content (AvgIpc) is 2.86. The van der Waals surface area contributed by atoms with Crippen LogP contribution >= 0.6 is 11.3 Å². The van der Waals surface area contributed by atoms with E-state index in [4.69, 9.17) is 5.11 Å². The minimum Gasteiger partial charge on any atom is -0.481 e. The number of hydrogen-bond acceptors (Lipinski definition) is 4. The van der Waals surface area contributed by atoms with Gasteiger partial charge in [0.05, 0.1) is 12.1 Å². The molecule has 2 N–H and O–H groups in total. The maximum atomic E-state index is 11.8. The minimum atomic E-state index is -0.805. The first-order valence-corrected chi connectivity index (χ1v) is 8.46. The zero-order chi connectivity index (χ0) is 17.0. The van der Waals surface area contributed by atoms with Gasteiger partial charge in [0.1, 0.15) is 0 Å². The lowest BCUT2D eigenvalue weighted by atomic mass is 10.0. The fourth-order valence-electron chi connectivity index (χ4n) is 2.41. The Balaban J connectivity index is 2.27. The van der Waals surface area contributed by atoms with Crippen molar-refractivity contribution in [2.45, 2.75) is 33.7 Å². The van der Waals surface area contributed by atoms with Gasteiger partial charge in [-0.25, -0.2) is 0 Å². The summed E-state index contributed by atoms with van der Waals surface area (Å²) in [5.74, 6) is -0.805. The van der Waals surface area contributed by atoms with Gasteiger partial charge >= 0.3 is 10.8 Å². The lowest BCUT2D eigenvalue weighted by Gasteiger charge is -2.19. The Labute approximate surface area is 139 Å². The Morgan fingerprint density at radius 2 is 2.04 bits per heavy atom. The summed E-state index contributed by atoms with van der Waals surface area (Å²) in [6.07, 6.45) is 0.103. The minimum absolute atomic E-state index is 0.0810. The second-order valence-corrected chi connectivity index (χ2v) is 6.69. The maximum absolute atomic E-state index is 11.8. The zero-order valence-electron chi connectivity index (χ0n) is 13.7. The molecule has 0 spiro atoms. The Kier molecular flexibility index (Phi) is 5.74. The molecule has 0 atom stereocenters. The summed E-state index contributed by atoms with van der Waals surface area (Å²) < 4.78 is 0. The highest BCUT2D eigenvalue weighted by molar-refractivity contribution is 7.09. The Morgan fingerprint density at radius 3 is 2.65 bits per heavy atom. The van der Waals surface area contributed by atoms with Crippen LogP contribution in [0.4, 0.5) is 0 Å². The van der Waals surface area contributed by atoms with Gasteiger partial charge in [-0.1, -0.05) is 30.4 Å². The molecule has 0 fully saturated rings. The number of aromatic nitrogens is 1. The predicted molar refractivity (Wildman–Crippen MR) is 93.1 cm³/mol. The molecule has 124 valence electrons. The van der Waals surface area contributed by atoms with E-state index in [2.05, 4.69) is 18.0 Å². The van der Waals surface area contributed by atoms with Crippen molar-refractivity contribution >= 4 is 17.3 Å². The number of hydrogen-bond donors (Lipinski definition) is 2. The Morgan fingerprint density at radius 1 is 1.30 bits per heavy atom. The summed E-state index contributed by atoms with van der Waals surface area (Å²) in [6.45, 7) is 7.90. The van der Waals surface area contributed by atoms with Crippen molar-refractivity contribution in [3.63, 3.8) is 0 Å². The van der Waals surface area contributed by atoms with Gasteiger partial charge in [-0.15, -0.1) is 0 Å². The van der Waals surface area contributed by atoms with Crippen LogP contribution in [0.15, 0.2) is 23.0 Å². The molecule has 0 aliphatic heterocycles. The van der Waals surface area contributed by atoms with Gasteiger partial charge in [-0.05, 0) is 43.1 Å². The molecule has 6 heteroatoms. The van der Waals surface area contributed by atoms with Crippen LogP contribution in [-0.2, 0) is 11.3 Å². The number of H-pyrrole nitrogens is 1. The number of carbonyl (C=O) groups is 1. The van der Waals surface area contributed by atoms with Crippen LogP contribution in [0.1, 0.15) is 29.3 Å². The average molecular weight is 334 g/mol. The summed E-state index contributed by atoms with van der Waals surface area (Å²) in [7, 11) is 0. The van der Waals surface area contributed by atoms with Crippen LogP contribution in [-0.4, -0.2) is 34.0 Å². The first kappa shape index (κ1) is 17.4. The number of aryl methyl sites for hydroxylation is 2. The first-order valence-electron chi connectivity index (χ1n) is 7.64. The van der Waals surface area contributed by atoms with E-state index in [1.807, 2.05) is 30.9 Å². The molecule has 1 heterocycles. The first-order chi connectivity index (χ1) is 10.9. The number of benzene rings is 1. The van der Waals surface area contributed by atoms with Gasteiger partial charge in [0, 0.05) is 18.0 Å². The molecule has 1 aromatic carbocycles. The number of aliphatic carboxylic acids is 1. The number of nitrogens with zero attached hydrogens (tertiary/aromatic N) is 1. The van der Waals surface area contributed by atoms with Crippen molar-refractivity contribution in [2.24, 2.45) is 0 Å². The lowest BCUT2D eigenvalue weighted by Crippen LogP contribution is -2.25. The lowest BCUT2D eigenvalue weighted by molar-refractivity contribution is -0.137. The quantitative estimate of drug-likeness (QED) is 0.816. The molecule has 2 aromatic rings. The summed E-state index contributed by atoms with van der Waals surface area (Å²) in [4.78, 5) is 28.4. The van der Waals surface area contributed by atoms with Crippen molar-refractivity contribution < 1.29 is 9.90 Å². The molecule has 2 rings (SSSR count). The highest BCUT2D eigenvalue weighted by Gasteiger charge is 2.15. The number of nitrogens with one attached hydrogen (secondary N) is 1. The fraction of sp³-hybridized carbons (Fsp3) is 0.412. The molecular weight excluding hydrogens is 312 g/mol. The highest BCUT2D eigenvalue weighted by atomic mass is 32.1. The van der Waals surface area contributed by atoms with Gasteiger partial charge < -0.3 is 10.1 Å². The van der Waals surface area contributed by atoms with Crippen LogP contribution in [0, 0.1) is 13.8 Å². The molecule has 0 saturated carbocycles. The summed E-state index contributed by atoms with van der Waals surface area (Å²) in [5.41, 5.74) is 4.23. The van der Waals surface area contributed by atoms with E-state index in [0.717, 1.165) is 22.7 Å². The maximum Gasteiger partial charge on any atom is 0.305 e. The monoisotopic (exact) mass is 334 g/mol. The molecule has 0 radical (unpaired) electrons. The van der Waals surface area contributed by atoms with E-state index in [9.17, 15) is 9.59 Å². The number of rotatable bonds is 7. The Bertz CT molecular complexity index is 749. The molecule has 23 heavy (non-hydrogen) atoms. The molecular formula is C17H22N2O3S. The van der Waals surface area contributed by atoms with E-state index in [1.165, 1.54) is 22.5 Å². The SMILES string of the molecule is CCN(CCC(=O)O)Cc1sc(=O)[nH]c1-c1ccc(C)c(C)c1. The fourth-order valence-corrected chi connectivity index (χ4v) is 3.30. The third-order valence-electron chi connectivity index (χ3n) is 3.97. The Hall–Kier alpha value is -1.92. The topological polar surface area (TPSA) is 73.4 Å². The van der Waals surface area contributed by atoms with Crippen LogP contribution < -0.4 is 4.87 Å². The van der Waals surface area contributed by atoms with Gasteiger partial charge in [0.25, 0.3) is 0 Å². The van der Waals surface area contributed by atoms with Crippen molar-refractivity contribution in [1.82, 2.24) is 9.88 Å². The zero-order valence-corrected chi connectivity index (χ0v) is 14.5. The molecule has 0 aliphatic rings. The molecule has 5 nitrogen and oxygen atoms in total. The standard InChI is InChI=1S/C17H22N2O3S/c1-4-19(8-7-15(20)21)10-14-16(18-17(22)23-14)13-6-5-11(2)12(3)9-13/h5-6,9H,4,7-8,10H2,1-3H3,(H,18,22)(H,20,21). The third-order valence-corrected chi connectivity index (χ3v) is 4.84. The van der Waals surface area contributed by atoms with Gasteiger partial charge in [0.2, 0.25) is 0 Å².